The highest BCUT2D eigenvalue weighted by molar-refractivity contribution is 7.90. The fourth-order valence-corrected chi connectivity index (χ4v) is 2.91. The van der Waals surface area contributed by atoms with Crippen molar-refractivity contribution in [2.24, 2.45) is 0 Å². The summed E-state index contributed by atoms with van der Waals surface area (Å²) in [4.78, 5) is 0. The minimum absolute atomic E-state index is 0.229. The molecule has 0 aromatic heterocycles. The Balaban J connectivity index is 2.71. The van der Waals surface area contributed by atoms with E-state index < -0.39 is 9.84 Å². The molecule has 0 radical (unpaired) electrons. The van der Waals surface area contributed by atoms with Crippen LogP contribution in [0.3, 0.4) is 0 Å². The molecule has 3 nitrogen and oxygen atoms in total. The number of sulfone groups is 1. The third kappa shape index (κ3) is 4.78. The summed E-state index contributed by atoms with van der Waals surface area (Å²) in [6.45, 7) is 4.18. The van der Waals surface area contributed by atoms with Gasteiger partial charge in [-0.3, -0.25) is 0 Å². The molecule has 4 heteroatoms. The van der Waals surface area contributed by atoms with Crippen molar-refractivity contribution < 1.29 is 8.42 Å². The minimum Gasteiger partial charge on any atom is -0.313 e. The normalized spacial score (nSPS) is 13.6. The molecule has 18 heavy (non-hydrogen) atoms. The number of aryl methyl sites for hydroxylation is 2. The first kappa shape index (κ1) is 15.2. The molecule has 1 atom stereocenters. The summed E-state index contributed by atoms with van der Waals surface area (Å²) < 4.78 is 22.3. The zero-order valence-corrected chi connectivity index (χ0v) is 12.5. The Labute approximate surface area is 111 Å². The number of rotatable bonds is 6. The Morgan fingerprint density at radius 1 is 1.28 bits per heavy atom. The van der Waals surface area contributed by atoms with Gasteiger partial charge in [0.15, 0.2) is 0 Å². The van der Waals surface area contributed by atoms with Gasteiger partial charge >= 0.3 is 0 Å². The average Bonchev–Trinajstić information content (AvgIpc) is 2.24. The van der Waals surface area contributed by atoms with E-state index in [-0.39, 0.29) is 11.8 Å². The van der Waals surface area contributed by atoms with E-state index in [4.69, 9.17) is 0 Å². The van der Waals surface area contributed by atoms with Crippen LogP contribution in [0.4, 0.5) is 0 Å². The third-order valence-corrected chi connectivity index (χ3v) is 4.19. The zero-order valence-electron chi connectivity index (χ0n) is 11.7. The van der Waals surface area contributed by atoms with Crippen molar-refractivity contribution in [3.63, 3.8) is 0 Å². The molecule has 102 valence electrons. The standard InChI is InChI=1S/C14H23NO2S/c1-11-7-8-13(12(2)10-11)14(15-3)6-5-9-18(4,16)17/h7-8,10,14-15H,5-6,9H2,1-4H3. The summed E-state index contributed by atoms with van der Waals surface area (Å²) in [5, 5.41) is 3.27. The molecule has 0 amide bonds. The van der Waals surface area contributed by atoms with Crippen molar-refractivity contribution in [3.05, 3.63) is 34.9 Å². The first-order chi connectivity index (χ1) is 8.33. The van der Waals surface area contributed by atoms with Crippen LogP contribution in [-0.4, -0.2) is 27.5 Å². The molecule has 1 aromatic carbocycles. The molecule has 0 saturated heterocycles. The smallest absolute Gasteiger partial charge is 0.147 e. The summed E-state index contributed by atoms with van der Waals surface area (Å²) in [5.74, 6) is 0.260. The van der Waals surface area contributed by atoms with E-state index in [9.17, 15) is 8.42 Å². The fraction of sp³-hybridized carbons (Fsp3) is 0.571. The molecule has 0 aliphatic rings. The fourth-order valence-electron chi connectivity index (χ4n) is 2.22. The van der Waals surface area contributed by atoms with Gasteiger partial charge in [-0.05, 0) is 44.9 Å². The van der Waals surface area contributed by atoms with Gasteiger partial charge in [-0.2, -0.15) is 0 Å². The number of hydrogen-bond acceptors (Lipinski definition) is 3. The van der Waals surface area contributed by atoms with Crippen LogP contribution >= 0.6 is 0 Å². The number of hydrogen-bond donors (Lipinski definition) is 1. The lowest BCUT2D eigenvalue weighted by molar-refractivity contribution is 0.534. The van der Waals surface area contributed by atoms with E-state index in [0.29, 0.717) is 6.42 Å². The van der Waals surface area contributed by atoms with Crippen molar-refractivity contribution in [1.82, 2.24) is 5.32 Å². The van der Waals surface area contributed by atoms with Gasteiger partial charge in [-0.1, -0.05) is 23.8 Å². The van der Waals surface area contributed by atoms with Gasteiger partial charge in [0.2, 0.25) is 0 Å². The van der Waals surface area contributed by atoms with Crippen LogP contribution in [0.2, 0.25) is 0 Å². The molecule has 0 saturated carbocycles. The van der Waals surface area contributed by atoms with Crippen LogP contribution in [0.25, 0.3) is 0 Å². The molecule has 0 bridgehead atoms. The zero-order chi connectivity index (χ0) is 13.8. The van der Waals surface area contributed by atoms with Crippen molar-refractivity contribution in [3.8, 4) is 0 Å². The van der Waals surface area contributed by atoms with Gasteiger partial charge in [-0.15, -0.1) is 0 Å². The van der Waals surface area contributed by atoms with E-state index in [1.807, 2.05) is 7.05 Å². The highest BCUT2D eigenvalue weighted by Gasteiger charge is 2.12. The van der Waals surface area contributed by atoms with Gasteiger partial charge < -0.3 is 5.32 Å². The minimum atomic E-state index is -2.85. The Kier molecular flexibility index (Phi) is 5.35. The molecule has 0 aliphatic carbocycles. The third-order valence-electron chi connectivity index (χ3n) is 3.16. The van der Waals surface area contributed by atoms with Gasteiger partial charge in [0.1, 0.15) is 9.84 Å². The van der Waals surface area contributed by atoms with Crippen LogP contribution in [0, 0.1) is 13.8 Å². The quantitative estimate of drug-likeness (QED) is 0.862. The maximum atomic E-state index is 11.1. The van der Waals surface area contributed by atoms with E-state index in [1.165, 1.54) is 22.9 Å². The first-order valence-corrected chi connectivity index (χ1v) is 8.31. The molecule has 0 aliphatic heterocycles. The molecule has 0 heterocycles. The van der Waals surface area contributed by atoms with Crippen molar-refractivity contribution in [2.45, 2.75) is 32.7 Å². The maximum Gasteiger partial charge on any atom is 0.147 e. The Hall–Kier alpha value is -0.870. The summed E-state index contributed by atoms with van der Waals surface area (Å²) in [7, 11) is -0.934. The molecular weight excluding hydrogens is 246 g/mol. The largest absolute Gasteiger partial charge is 0.313 e. The summed E-state index contributed by atoms with van der Waals surface area (Å²) in [6, 6.07) is 6.62. The van der Waals surface area contributed by atoms with Crippen LogP contribution in [-0.2, 0) is 9.84 Å². The lowest BCUT2D eigenvalue weighted by Crippen LogP contribution is -2.18. The van der Waals surface area contributed by atoms with Gasteiger partial charge in [0.25, 0.3) is 0 Å². The van der Waals surface area contributed by atoms with Crippen molar-refractivity contribution in [2.75, 3.05) is 19.1 Å². The lowest BCUT2D eigenvalue weighted by Gasteiger charge is -2.19. The number of nitrogens with one attached hydrogen (secondary N) is 1. The summed E-state index contributed by atoms with van der Waals surface area (Å²) in [5.41, 5.74) is 3.77. The van der Waals surface area contributed by atoms with Crippen LogP contribution in [0.15, 0.2) is 18.2 Å². The maximum absolute atomic E-state index is 11.1. The molecule has 1 aromatic rings. The van der Waals surface area contributed by atoms with Gasteiger partial charge in [0.05, 0.1) is 0 Å². The SMILES string of the molecule is CNC(CCCS(C)(=O)=O)c1ccc(C)cc1C. The molecule has 0 fully saturated rings. The molecular formula is C14H23NO2S. The monoisotopic (exact) mass is 269 g/mol. The number of benzene rings is 1. The second-order valence-electron chi connectivity index (χ2n) is 4.97. The lowest BCUT2D eigenvalue weighted by atomic mass is 9.96. The van der Waals surface area contributed by atoms with E-state index >= 15 is 0 Å². The summed E-state index contributed by atoms with van der Waals surface area (Å²) >= 11 is 0. The molecule has 1 rings (SSSR count). The first-order valence-electron chi connectivity index (χ1n) is 6.25. The van der Waals surface area contributed by atoms with Crippen LogP contribution < -0.4 is 5.32 Å². The Morgan fingerprint density at radius 2 is 1.94 bits per heavy atom. The predicted molar refractivity (Wildman–Crippen MR) is 76.7 cm³/mol. The second kappa shape index (κ2) is 6.34. The van der Waals surface area contributed by atoms with Crippen LogP contribution in [0.5, 0.6) is 0 Å². The Morgan fingerprint density at radius 3 is 2.44 bits per heavy atom. The highest BCUT2D eigenvalue weighted by Crippen LogP contribution is 2.22. The van der Waals surface area contributed by atoms with Gasteiger partial charge in [0, 0.05) is 18.1 Å². The molecule has 1 unspecified atom stereocenters. The molecule has 1 N–H and O–H groups in total. The highest BCUT2D eigenvalue weighted by atomic mass is 32.2. The van der Waals surface area contributed by atoms with Crippen LogP contribution in [0.1, 0.15) is 35.6 Å². The Bertz CT molecular complexity index is 495. The van der Waals surface area contributed by atoms with E-state index in [1.54, 1.807) is 0 Å². The second-order valence-corrected chi connectivity index (χ2v) is 7.23. The van der Waals surface area contributed by atoms with Gasteiger partial charge in [-0.25, -0.2) is 8.42 Å². The topological polar surface area (TPSA) is 46.2 Å². The van der Waals surface area contributed by atoms with Crippen molar-refractivity contribution in [1.29, 1.82) is 0 Å². The van der Waals surface area contributed by atoms with E-state index in [2.05, 4.69) is 37.4 Å². The summed E-state index contributed by atoms with van der Waals surface area (Å²) in [6.07, 6.45) is 2.82. The predicted octanol–water partition coefficient (Wildman–Crippen LogP) is 2.39. The van der Waals surface area contributed by atoms with E-state index in [0.717, 1.165) is 6.42 Å². The molecule has 0 spiro atoms. The average molecular weight is 269 g/mol. The van der Waals surface area contributed by atoms with Crippen molar-refractivity contribution >= 4 is 9.84 Å².